The van der Waals surface area contributed by atoms with Crippen LogP contribution >= 0.6 is 11.3 Å². The van der Waals surface area contributed by atoms with E-state index in [1.165, 1.54) is 30.6 Å². The summed E-state index contributed by atoms with van der Waals surface area (Å²) >= 11 is 1.82. The first-order valence-corrected chi connectivity index (χ1v) is 11.2. The number of thiophene rings is 1. The van der Waals surface area contributed by atoms with E-state index in [2.05, 4.69) is 43.4 Å². The lowest BCUT2D eigenvalue weighted by Crippen LogP contribution is -2.43. The van der Waals surface area contributed by atoms with Crippen LogP contribution in [0.4, 0.5) is 0 Å². The van der Waals surface area contributed by atoms with Crippen LogP contribution in [-0.4, -0.2) is 56.0 Å². The van der Waals surface area contributed by atoms with Gasteiger partial charge in [0.05, 0.1) is 6.04 Å². The summed E-state index contributed by atoms with van der Waals surface area (Å²) in [4.78, 5) is 20.3. The number of carbonyl (C=O) groups is 1. The van der Waals surface area contributed by atoms with Gasteiger partial charge in [-0.2, -0.15) is 0 Å². The fraction of sp³-hybridized carbons (Fsp3) is 0.700. The highest BCUT2D eigenvalue weighted by atomic mass is 32.1. The van der Waals surface area contributed by atoms with E-state index in [1.807, 2.05) is 11.3 Å². The van der Waals surface area contributed by atoms with E-state index >= 15 is 0 Å². The van der Waals surface area contributed by atoms with Gasteiger partial charge in [0.1, 0.15) is 0 Å². The number of likely N-dealkylation sites (tertiary alicyclic amines) is 1. The molecular weight excluding hydrogens is 358 g/mol. The van der Waals surface area contributed by atoms with Crippen molar-refractivity contribution in [2.45, 2.75) is 57.0 Å². The lowest BCUT2D eigenvalue weighted by atomic mass is 10.2. The Bertz CT molecular complexity index is 592. The van der Waals surface area contributed by atoms with E-state index in [0.717, 1.165) is 38.4 Å². The first-order chi connectivity index (χ1) is 13.3. The van der Waals surface area contributed by atoms with Gasteiger partial charge in [0, 0.05) is 37.5 Å². The molecule has 150 valence electrons. The molecule has 1 atom stereocenters. The summed E-state index contributed by atoms with van der Waals surface area (Å²) in [5, 5.41) is 12.0. The van der Waals surface area contributed by atoms with Crippen LogP contribution in [0, 0.1) is 0 Å². The van der Waals surface area contributed by atoms with E-state index in [-0.39, 0.29) is 5.91 Å². The molecule has 1 unspecified atom stereocenters. The number of aliphatic imine (C=N–C) groups is 1. The Morgan fingerprint density at radius 3 is 2.70 bits per heavy atom. The Hall–Kier alpha value is -1.60. The Kier molecular flexibility index (Phi) is 7.95. The zero-order valence-corrected chi connectivity index (χ0v) is 17.2. The van der Waals surface area contributed by atoms with Crippen molar-refractivity contribution in [1.29, 1.82) is 0 Å². The molecule has 2 fully saturated rings. The van der Waals surface area contributed by atoms with E-state index in [9.17, 15) is 4.79 Å². The number of nitrogens with zero attached hydrogens (tertiary/aromatic N) is 2. The zero-order valence-electron chi connectivity index (χ0n) is 16.4. The lowest BCUT2D eigenvalue weighted by molar-refractivity contribution is -0.121. The summed E-state index contributed by atoms with van der Waals surface area (Å²) in [5.74, 6) is 0.905. The van der Waals surface area contributed by atoms with Gasteiger partial charge in [-0.25, -0.2) is 0 Å². The summed E-state index contributed by atoms with van der Waals surface area (Å²) in [6.07, 6.45) is 7.78. The molecule has 2 aliphatic rings. The summed E-state index contributed by atoms with van der Waals surface area (Å²) < 4.78 is 0. The van der Waals surface area contributed by atoms with Gasteiger partial charge in [0.15, 0.2) is 5.96 Å². The maximum Gasteiger partial charge on any atom is 0.221 e. The average Bonchev–Trinajstić information content (AvgIpc) is 3.43. The number of amides is 1. The lowest BCUT2D eigenvalue weighted by Gasteiger charge is -2.27. The molecule has 0 spiro atoms. The van der Waals surface area contributed by atoms with Gasteiger partial charge in [-0.3, -0.25) is 14.7 Å². The van der Waals surface area contributed by atoms with Crippen LogP contribution in [0.25, 0.3) is 0 Å². The number of guanidine groups is 1. The smallest absolute Gasteiger partial charge is 0.221 e. The van der Waals surface area contributed by atoms with Crippen LogP contribution in [0.3, 0.4) is 0 Å². The van der Waals surface area contributed by atoms with E-state index in [1.54, 1.807) is 7.05 Å². The Labute approximate surface area is 166 Å². The minimum atomic E-state index is 0.137. The monoisotopic (exact) mass is 391 g/mol. The van der Waals surface area contributed by atoms with Gasteiger partial charge in [0.25, 0.3) is 0 Å². The molecule has 3 N–H and O–H groups in total. The molecule has 1 aliphatic heterocycles. The number of carbonyl (C=O) groups excluding carboxylic acids is 1. The van der Waals surface area contributed by atoms with Crippen molar-refractivity contribution in [3.63, 3.8) is 0 Å². The van der Waals surface area contributed by atoms with Crippen molar-refractivity contribution in [2.75, 3.05) is 33.2 Å². The van der Waals surface area contributed by atoms with Gasteiger partial charge in [0.2, 0.25) is 5.91 Å². The molecule has 0 bridgehead atoms. The summed E-state index contributed by atoms with van der Waals surface area (Å²) in [6, 6.07) is 5.12. The molecule has 1 aromatic rings. The molecule has 0 aromatic carbocycles. The minimum absolute atomic E-state index is 0.137. The van der Waals surface area contributed by atoms with Crippen LogP contribution in [0.2, 0.25) is 0 Å². The maximum absolute atomic E-state index is 12.0. The molecule has 27 heavy (non-hydrogen) atoms. The zero-order chi connectivity index (χ0) is 18.9. The summed E-state index contributed by atoms with van der Waals surface area (Å²) in [5.41, 5.74) is 0. The fourth-order valence-corrected chi connectivity index (χ4v) is 4.88. The highest BCUT2D eigenvalue weighted by Crippen LogP contribution is 2.27. The Morgan fingerprint density at radius 2 is 2.04 bits per heavy atom. The number of hydrogen-bond acceptors (Lipinski definition) is 4. The molecule has 1 amide bonds. The van der Waals surface area contributed by atoms with Crippen molar-refractivity contribution in [1.82, 2.24) is 20.9 Å². The molecule has 0 radical (unpaired) electrons. The van der Waals surface area contributed by atoms with Crippen LogP contribution in [0.15, 0.2) is 22.5 Å². The second-order valence-electron chi connectivity index (χ2n) is 7.45. The fourth-order valence-electron chi connectivity index (χ4n) is 4.02. The molecular formula is C20H33N5OS. The molecule has 6 nitrogen and oxygen atoms in total. The van der Waals surface area contributed by atoms with Gasteiger partial charge in [-0.05, 0) is 50.2 Å². The van der Waals surface area contributed by atoms with Crippen molar-refractivity contribution in [2.24, 2.45) is 4.99 Å². The molecule has 1 aliphatic carbocycles. The first kappa shape index (κ1) is 20.1. The van der Waals surface area contributed by atoms with Crippen LogP contribution < -0.4 is 16.0 Å². The predicted molar refractivity (Wildman–Crippen MR) is 112 cm³/mol. The SMILES string of the molecule is CN=C(NCCC(=O)NC1CCCC1)NCC(c1cccs1)N1CCCC1. The van der Waals surface area contributed by atoms with Gasteiger partial charge >= 0.3 is 0 Å². The number of rotatable bonds is 8. The first-order valence-electron chi connectivity index (χ1n) is 10.3. The Balaban J connectivity index is 1.41. The highest BCUT2D eigenvalue weighted by Gasteiger charge is 2.24. The van der Waals surface area contributed by atoms with Gasteiger partial charge < -0.3 is 16.0 Å². The summed E-state index contributed by atoms with van der Waals surface area (Å²) in [6.45, 7) is 3.76. The third kappa shape index (κ3) is 6.21. The Morgan fingerprint density at radius 1 is 1.26 bits per heavy atom. The maximum atomic E-state index is 12.0. The topological polar surface area (TPSA) is 68.8 Å². The largest absolute Gasteiger partial charge is 0.356 e. The molecule has 1 saturated carbocycles. The highest BCUT2D eigenvalue weighted by molar-refractivity contribution is 7.10. The standard InChI is InChI=1S/C20H33N5OS/c1-21-20(22-11-10-19(26)24-16-7-2-3-8-16)23-15-17(18-9-6-14-27-18)25-12-4-5-13-25/h6,9,14,16-17H,2-5,7-8,10-13,15H2,1H3,(H,24,26)(H2,21,22,23). The molecule has 3 rings (SSSR count). The van der Waals surface area contributed by atoms with E-state index in [0.29, 0.717) is 25.0 Å². The third-order valence-electron chi connectivity index (χ3n) is 5.50. The number of hydrogen-bond donors (Lipinski definition) is 3. The van der Waals surface area contributed by atoms with Gasteiger partial charge in [-0.15, -0.1) is 11.3 Å². The summed E-state index contributed by atoms with van der Waals surface area (Å²) in [7, 11) is 1.78. The van der Waals surface area contributed by atoms with E-state index < -0.39 is 0 Å². The molecule has 2 heterocycles. The quantitative estimate of drug-likeness (QED) is 0.470. The van der Waals surface area contributed by atoms with E-state index in [4.69, 9.17) is 0 Å². The number of nitrogens with one attached hydrogen (secondary N) is 3. The minimum Gasteiger partial charge on any atom is -0.356 e. The second-order valence-corrected chi connectivity index (χ2v) is 8.43. The molecule has 7 heteroatoms. The third-order valence-corrected chi connectivity index (χ3v) is 6.48. The average molecular weight is 392 g/mol. The van der Waals surface area contributed by atoms with Crippen molar-refractivity contribution in [3.8, 4) is 0 Å². The van der Waals surface area contributed by atoms with Crippen molar-refractivity contribution < 1.29 is 4.79 Å². The van der Waals surface area contributed by atoms with Crippen LogP contribution in [0.5, 0.6) is 0 Å². The molecule has 1 saturated heterocycles. The van der Waals surface area contributed by atoms with Gasteiger partial charge in [-0.1, -0.05) is 18.9 Å². The van der Waals surface area contributed by atoms with Crippen LogP contribution in [-0.2, 0) is 4.79 Å². The normalized spacial score (nSPS) is 20.0. The second kappa shape index (κ2) is 10.7. The van der Waals surface area contributed by atoms with Crippen LogP contribution in [0.1, 0.15) is 55.9 Å². The predicted octanol–water partition coefficient (Wildman–Crippen LogP) is 2.50. The van der Waals surface area contributed by atoms with Crippen molar-refractivity contribution in [3.05, 3.63) is 22.4 Å². The van der Waals surface area contributed by atoms with Crippen molar-refractivity contribution >= 4 is 23.2 Å². The molecule has 1 aromatic heterocycles.